The molecule has 0 fully saturated rings. The van der Waals surface area contributed by atoms with Crippen LogP contribution in [0.15, 0.2) is 4.79 Å². The Balaban J connectivity index is 2.93. The zero-order valence-electron chi connectivity index (χ0n) is 6.96. The van der Waals surface area contributed by atoms with Crippen LogP contribution in [0, 0.1) is 0 Å². The first-order valence-corrected chi connectivity index (χ1v) is 3.58. The van der Waals surface area contributed by atoms with E-state index in [0.717, 1.165) is 0 Å². The molecule has 0 saturated carbocycles. The zero-order valence-corrected chi connectivity index (χ0v) is 6.96. The highest BCUT2D eigenvalue weighted by Crippen LogP contribution is 1.96. The molecule has 0 bridgehead atoms. The first kappa shape index (κ1) is 8.51. The summed E-state index contributed by atoms with van der Waals surface area (Å²) in [5.74, 6) is 0.324. The molecule has 0 radical (unpaired) electrons. The van der Waals surface area contributed by atoms with E-state index in [0.29, 0.717) is 0 Å². The molecule has 1 rings (SSSR count). The summed E-state index contributed by atoms with van der Waals surface area (Å²) < 4.78 is 0. The third-order valence-corrected chi connectivity index (χ3v) is 1.09. The van der Waals surface area contributed by atoms with Crippen molar-refractivity contribution in [3.8, 4) is 0 Å². The summed E-state index contributed by atoms with van der Waals surface area (Å²) in [4.78, 5) is 20.3. The van der Waals surface area contributed by atoms with Crippen molar-refractivity contribution in [2.24, 2.45) is 0 Å². The van der Waals surface area contributed by atoms with Gasteiger partial charge in [0.2, 0.25) is 11.9 Å². The van der Waals surface area contributed by atoms with Crippen molar-refractivity contribution < 1.29 is 0 Å². The highest BCUT2D eigenvalue weighted by molar-refractivity contribution is 5.29. The molecule has 4 N–H and O–H groups in total. The summed E-state index contributed by atoms with van der Waals surface area (Å²) in [5, 5.41) is 2.86. The minimum atomic E-state index is -0.495. The van der Waals surface area contributed by atoms with Crippen LogP contribution in [0.1, 0.15) is 13.8 Å². The molecule has 12 heavy (non-hydrogen) atoms. The molecular weight excluding hydrogens is 158 g/mol. The number of nitrogens with one attached hydrogen (secondary N) is 2. The van der Waals surface area contributed by atoms with Gasteiger partial charge in [0, 0.05) is 6.04 Å². The lowest BCUT2D eigenvalue weighted by Crippen LogP contribution is -2.20. The maximum absolute atomic E-state index is 10.8. The number of anilines is 2. The van der Waals surface area contributed by atoms with Crippen LogP contribution in [-0.2, 0) is 0 Å². The lowest BCUT2D eigenvalue weighted by atomic mass is 10.4. The number of nitrogens with zero attached hydrogens (tertiary/aromatic N) is 2. The summed E-state index contributed by atoms with van der Waals surface area (Å²) in [6.45, 7) is 3.83. The summed E-state index contributed by atoms with van der Waals surface area (Å²) in [7, 11) is 0. The van der Waals surface area contributed by atoms with Gasteiger partial charge in [0.05, 0.1) is 0 Å². The number of nitrogens with two attached hydrogens (primary N) is 1. The van der Waals surface area contributed by atoms with Crippen molar-refractivity contribution in [3.63, 3.8) is 0 Å². The van der Waals surface area contributed by atoms with E-state index in [-0.39, 0.29) is 17.9 Å². The van der Waals surface area contributed by atoms with Gasteiger partial charge in [0.25, 0.3) is 0 Å². The molecule has 6 heteroatoms. The molecule has 0 aliphatic rings. The van der Waals surface area contributed by atoms with E-state index < -0.39 is 5.69 Å². The lowest BCUT2D eigenvalue weighted by molar-refractivity contribution is 0.860. The second-order valence-electron chi connectivity index (χ2n) is 2.66. The van der Waals surface area contributed by atoms with E-state index >= 15 is 0 Å². The van der Waals surface area contributed by atoms with Crippen molar-refractivity contribution in [1.82, 2.24) is 15.0 Å². The highest BCUT2D eigenvalue weighted by Gasteiger charge is 2.00. The van der Waals surface area contributed by atoms with E-state index in [1.807, 2.05) is 13.8 Å². The smallest absolute Gasteiger partial charge is 0.350 e. The fourth-order valence-corrected chi connectivity index (χ4v) is 0.723. The third-order valence-electron chi connectivity index (χ3n) is 1.09. The second-order valence-corrected chi connectivity index (χ2v) is 2.66. The predicted molar refractivity (Wildman–Crippen MR) is 45.8 cm³/mol. The molecule has 0 saturated heterocycles. The molecule has 0 amide bonds. The van der Waals surface area contributed by atoms with Crippen LogP contribution in [0.4, 0.5) is 11.9 Å². The van der Waals surface area contributed by atoms with Crippen LogP contribution in [0.3, 0.4) is 0 Å². The molecule has 0 spiro atoms. The average Bonchev–Trinajstić information content (AvgIpc) is 1.81. The SMILES string of the molecule is CC(C)Nc1nc(N)[nH]c(=O)n1. The Hall–Kier alpha value is -1.59. The van der Waals surface area contributed by atoms with E-state index in [4.69, 9.17) is 5.73 Å². The van der Waals surface area contributed by atoms with Crippen LogP contribution in [-0.4, -0.2) is 21.0 Å². The van der Waals surface area contributed by atoms with Gasteiger partial charge in [-0.05, 0) is 13.8 Å². The molecular formula is C6H11N5O. The summed E-state index contributed by atoms with van der Waals surface area (Å²) in [5.41, 5.74) is 4.79. The molecule has 1 aromatic rings. The maximum atomic E-state index is 10.8. The number of hydrogen-bond donors (Lipinski definition) is 3. The molecule has 0 unspecified atom stereocenters. The van der Waals surface area contributed by atoms with Crippen LogP contribution < -0.4 is 16.7 Å². The van der Waals surface area contributed by atoms with Crippen molar-refractivity contribution >= 4 is 11.9 Å². The lowest BCUT2D eigenvalue weighted by Gasteiger charge is -2.06. The number of rotatable bonds is 2. The van der Waals surface area contributed by atoms with Crippen molar-refractivity contribution in [2.75, 3.05) is 11.1 Å². The Morgan fingerprint density at radius 3 is 2.67 bits per heavy atom. The van der Waals surface area contributed by atoms with Crippen molar-refractivity contribution in [1.29, 1.82) is 0 Å². The first-order chi connectivity index (χ1) is 5.58. The van der Waals surface area contributed by atoms with Gasteiger partial charge < -0.3 is 11.1 Å². The topological polar surface area (TPSA) is 96.7 Å². The molecule has 0 aromatic carbocycles. The number of hydrogen-bond acceptors (Lipinski definition) is 5. The van der Waals surface area contributed by atoms with Crippen molar-refractivity contribution in [3.05, 3.63) is 10.5 Å². The first-order valence-electron chi connectivity index (χ1n) is 3.58. The quantitative estimate of drug-likeness (QED) is 0.558. The summed E-state index contributed by atoms with van der Waals surface area (Å²) >= 11 is 0. The Morgan fingerprint density at radius 1 is 1.50 bits per heavy atom. The molecule has 6 nitrogen and oxygen atoms in total. The minimum absolute atomic E-state index is 0.0677. The van der Waals surface area contributed by atoms with E-state index in [1.54, 1.807) is 0 Å². The Labute approximate surface area is 69.2 Å². The van der Waals surface area contributed by atoms with Gasteiger partial charge in [-0.2, -0.15) is 9.97 Å². The van der Waals surface area contributed by atoms with E-state index in [2.05, 4.69) is 20.3 Å². The van der Waals surface area contributed by atoms with Crippen LogP contribution in [0.25, 0.3) is 0 Å². The Bertz CT molecular complexity index is 318. The Morgan fingerprint density at radius 2 is 2.17 bits per heavy atom. The fraction of sp³-hybridized carbons (Fsp3) is 0.500. The minimum Gasteiger partial charge on any atom is -0.369 e. The van der Waals surface area contributed by atoms with Crippen molar-refractivity contribution in [2.45, 2.75) is 19.9 Å². The largest absolute Gasteiger partial charge is 0.369 e. The average molecular weight is 169 g/mol. The molecule has 0 atom stereocenters. The van der Waals surface area contributed by atoms with Gasteiger partial charge in [-0.25, -0.2) is 4.79 Å². The second kappa shape index (κ2) is 3.21. The number of H-pyrrole nitrogens is 1. The number of aromatic amines is 1. The van der Waals surface area contributed by atoms with Crippen LogP contribution in [0.5, 0.6) is 0 Å². The van der Waals surface area contributed by atoms with Gasteiger partial charge in [0.15, 0.2) is 0 Å². The maximum Gasteiger partial charge on any atom is 0.350 e. The van der Waals surface area contributed by atoms with E-state index in [1.165, 1.54) is 0 Å². The summed E-state index contributed by atoms with van der Waals surface area (Å²) in [6.07, 6.45) is 0. The van der Waals surface area contributed by atoms with Crippen LogP contribution in [0.2, 0.25) is 0 Å². The van der Waals surface area contributed by atoms with Gasteiger partial charge in [0.1, 0.15) is 0 Å². The monoisotopic (exact) mass is 169 g/mol. The predicted octanol–water partition coefficient (Wildman–Crippen LogP) is -0.433. The molecule has 0 aliphatic heterocycles. The molecule has 1 heterocycles. The number of nitrogen functional groups attached to an aromatic ring is 1. The third kappa shape index (κ3) is 2.22. The highest BCUT2D eigenvalue weighted by atomic mass is 16.1. The standard InChI is InChI=1S/C6H11N5O/c1-3(2)8-5-9-4(7)10-6(12)11-5/h3H,1-2H3,(H4,7,8,9,10,11,12). The van der Waals surface area contributed by atoms with Gasteiger partial charge in [-0.1, -0.05) is 0 Å². The zero-order chi connectivity index (χ0) is 9.14. The normalized spacial score (nSPS) is 10.2. The Kier molecular flexibility index (Phi) is 2.27. The van der Waals surface area contributed by atoms with Gasteiger partial charge in [-0.3, -0.25) is 4.98 Å². The van der Waals surface area contributed by atoms with E-state index in [9.17, 15) is 4.79 Å². The molecule has 0 aliphatic carbocycles. The van der Waals surface area contributed by atoms with Gasteiger partial charge >= 0.3 is 5.69 Å². The molecule has 1 aromatic heterocycles. The molecule has 66 valence electrons. The van der Waals surface area contributed by atoms with Gasteiger partial charge in [-0.15, -0.1) is 0 Å². The summed E-state index contributed by atoms with van der Waals surface area (Å²) in [6, 6.07) is 0.172. The van der Waals surface area contributed by atoms with Crippen LogP contribution >= 0.6 is 0 Å². The number of aromatic nitrogens is 3. The fourth-order valence-electron chi connectivity index (χ4n) is 0.723.